The Bertz CT molecular complexity index is 612. The van der Waals surface area contributed by atoms with Crippen LogP contribution in [0, 0.1) is 0 Å². The summed E-state index contributed by atoms with van der Waals surface area (Å²) in [5.74, 6) is -3.87. The minimum absolute atomic E-state index is 0.0504. The predicted molar refractivity (Wildman–Crippen MR) is 108 cm³/mol. The van der Waals surface area contributed by atoms with Gasteiger partial charge in [0, 0.05) is 12.3 Å². The molecule has 0 aromatic rings. The fourth-order valence-electron chi connectivity index (χ4n) is 2.00. The van der Waals surface area contributed by atoms with Crippen molar-refractivity contribution in [3.05, 3.63) is 0 Å². The SMILES string of the molecule is CC(N)C(=O)NC(CO)C(=O)NC(CS)C(=O)NC(CCCN=C(N)N)C(=O)O. The van der Waals surface area contributed by atoms with E-state index in [-0.39, 0.29) is 24.7 Å². The number of aliphatic imine (C=N–C) groups is 1. The van der Waals surface area contributed by atoms with Crippen LogP contribution in [0.25, 0.3) is 0 Å². The van der Waals surface area contributed by atoms with E-state index < -0.39 is 54.5 Å². The molecule has 0 aliphatic rings. The van der Waals surface area contributed by atoms with Crippen LogP contribution in [0.3, 0.4) is 0 Å². The lowest BCUT2D eigenvalue weighted by Gasteiger charge is -2.23. The number of carbonyl (C=O) groups excluding carboxylic acids is 3. The van der Waals surface area contributed by atoms with Gasteiger partial charge in [-0.2, -0.15) is 12.6 Å². The van der Waals surface area contributed by atoms with Crippen molar-refractivity contribution in [1.82, 2.24) is 16.0 Å². The summed E-state index contributed by atoms with van der Waals surface area (Å²) in [5, 5.41) is 25.4. The molecular weight excluding hydrogens is 406 g/mol. The first-order chi connectivity index (χ1) is 13.5. The first-order valence-corrected chi connectivity index (χ1v) is 9.33. The van der Waals surface area contributed by atoms with Crippen molar-refractivity contribution in [2.75, 3.05) is 18.9 Å². The van der Waals surface area contributed by atoms with Crippen LogP contribution in [0.5, 0.6) is 0 Å². The van der Waals surface area contributed by atoms with Gasteiger partial charge in [-0.1, -0.05) is 0 Å². The van der Waals surface area contributed by atoms with Crippen LogP contribution in [0.1, 0.15) is 19.8 Å². The molecule has 0 fully saturated rings. The summed E-state index contributed by atoms with van der Waals surface area (Å²) >= 11 is 3.97. The maximum atomic E-state index is 12.3. The number of carboxylic acid groups (broad SMARTS) is 1. The smallest absolute Gasteiger partial charge is 0.326 e. The molecule has 0 saturated heterocycles. The molecule has 13 nitrogen and oxygen atoms in total. The first-order valence-electron chi connectivity index (χ1n) is 8.70. The number of thiol groups is 1. The Morgan fingerprint density at radius 3 is 1.97 bits per heavy atom. The zero-order chi connectivity index (χ0) is 22.6. The van der Waals surface area contributed by atoms with Crippen LogP contribution in [0.15, 0.2) is 4.99 Å². The monoisotopic (exact) mass is 435 g/mol. The van der Waals surface area contributed by atoms with E-state index in [1.165, 1.54) is 6.92 Å². The van der Waals surface area contributed by atoms with Gasteiger partial charge in [-0.3, -0.25) is 19.4 Å². The lowest BCUT2D eigenvalue weighted by molar-refractivity contribution is -0.142. The Balaban J connectivity index is 4.89. The first kappa shape index (κ1) is 26.4. The van der Waals surface area contributed by atoms with Gasteiger partial charge in [-0.25, -0.2) is 4.79 Å². The molecule has 0 aromatic carbocycles. The van der Waals surface area contributed by atoms with Crippen LogP contribution in [-0.4, -0.2) is 82.9 Å². The molecule has 0 bridgehead atoms. The molecule has 29 heavy (non-hydrogen) atoms. The number of rotatable bonds is 13. The number of aliphatic hydroxyl groups is 1. The van der Waals surface area contributed by atoms with E-state index in [2.05, 4.69) is 33.6 Å². The lowest BCUT2D eigenvalue weighted by atomic mass is 10.1. The number of carboxylic acids is 1. The average Bonchev–Trinajstić information content (AvgIpc) is 2.65. The highest BCUT2D eigenvalue weighted by molar-refractivity contribution is 7.80. The third-order valence-electron chi connectivity index (χ3n) is 3.60. The summed E-state index contributed by atoms with van der Waals surface area (Å²) in [6.07, 6.45) is 0.345. The van der Waals surface area contributed by atoms with Gasteiger partial charge in [0.2, 0.25) is 17.7 Å². The van der Waals surface area contributed by atoms with Gasteiger partial charge >= 0.3 is 5.97 Å². The fourth-order valence-corrected chi connectivity index (χ4v) is 2.25. The summed E-state index contributed by atoms with van der Waals surface area (Å²) in [4.78, 5) is 51.2. The zero-order valence-electron chi connectivity index (χ0n) is 16.0. The van der Waals surface area contributed by atoms with E-state index in [1.807, 2.05) is 0 Å². The summed E-state index contributed by atoms with van der Waals surface area (Å²) in [7, 11) is 0. The molecule has 0 radical (unpaired) electrons. The van der Waals surface area contributed by atoms with Crippen LogP contribution in [0.2, 0.25) is 0 Å². The van der Waals surface area contributed by atoms with Crippen LogP contribution < -0.4 is 33.2 Å². The number of nitrogens with zero attached hydrogens (tertiary/aromatic N) is 1. The van der Waals surface area contributed by atoms with Gasteiger partial charge in [-0.15, -0.1) is 0 Å². The molecule has 14 heteroatoms. The van der Waals surface area contributed by atoms with Crippen LogP contribution >= 0.6 is 12.6 Å². The second-order valence-corrected chi connectivity index (χ2v) is 6.49. The van der Waals surface area contributed by atoms with E-state index >= 15 is 0 Å². The van der Waals surface area contributed by atoms with Crippen molar-refractivity contribution in [3.8, 4) is 0 Å². The highest BCUT2D eigenvalue weighted by Gasteiger charge is 2.28. The zero-order valence-corrected chi connectivity index (χ0v) is 16.9. The van der Waals surface area contributed by atoms with Gasteiger partial charge in [0.05, 0.1) is 12.6 Å². The Hall–Kier alpha value is -2.58. The van der Waals surface area contributed by atoms with Crippen molar-refractivity contribution >= 4 is 42.3 Å². The number of guanidine groups is 1. The van der Waals surface area contributed by atoms with Crippen molar-refractivity contribution in [1.29, 1.82) is 0 Å². The average molecular weight is 436 g/mol. The number of hydrogen-bond donors (Lipinski definition) is 9. The molecule has 4 atom stereocenters. The number of amides is 3. The summed E-state index contributed by atoms with van der Waals surface area (Å²) < 4.78 is 0. The molecule has 3 amide bonds. The van der Waals surface area contributed by atoms with Crippen LogP contribution in [-0.2, 0) is 19.2 Å². The third-order valence-corrected chi connectivity index (χ3v) is 3.97. The third kappa shape index (κ3) is 10.5. The van der Waals surface area contributed by atoms with E-state index in [1.54, 1.807) is 0 Å². The Morgan fingerprint density at radius 2 is 1.52 bits per heavy atom. The normalized spacial score (nSPS) is 14.6. The van der Waals surface area contributed by atoms with Crippen molar-refractivity contribution in [3.63, 3.8) is 0 Å². The molecule has 0 aromatic heterocycles. The maximum absolute atomic E-state index is 12.3. The summed E-state index contributed by atoms with van der Waals surface area (Å²) in [6, 6.07) is -4.68. The maximum Gasteiger partial charge on any atom is 0.326 e. The van der Waals surface area contributed by atoms with Gasteiger partial charge in [0.15, 0.2) is 5.96 Å². The number of hydrogen-bond acceptors (Lipinski definition) is 8. The molecule has 0 spiro atoms. The van der Waals surface area contributed by atoms with E-state index in [0.29, 0.717) is 6.42 Å². The fraction of sp³-hybridized carbons (Fsp3) is 0.667. The number of nitrogens with one attached hydrogen (secondary N) is 3. The highest BCUT2D eigenvalue weighted by atomic mass is 32.1. The molecule has 0 saturated carbocycles. The van der Waals surface area contributed by atoms with Crippen molar-refractivity contribution in [2.24, 2.45) is 22.2 Å². The van der Waals surface area contributed by atoms with Gasteiger partial charge in [0.1, 0.15) is 18.1 Å². The molecule has 0 aliphatic carbocycles. The minimum atomic E-state index is -1.33. The number of aliphatic hydroxyl groups excluding tert-OH is 1. The molecule has 0 rings (SSSR count). The Kier molecular flexibility index (Phi) is 12.4. The van der Waals surface area contributed by atoms with Gasteiger partial charge < -0.3 is 43.4 Å². The van der Waals surface area contributed by atoms with E-state index in [4.69, 9.17) is 17.2 Å². The minimum Gasteiger partial charge on any atom is -0.480 e. The molecule has 166 valence electrons. The Morgan fingerprint density at radius 1 is 1.00 bits per heavy atom. The van der Waals surface area contributed by atoms with Gasteiger partial charge in [0.25, 0.3) is 0 Å². The summed E-state index contributed by atoms with van der Waals surface area (Å²) in [5.41, 5.74) is 15.7. The topological polar surface area (TPSA) is 235 Å². The van der Waals surface area contributed by atoms with E-state index in [9.17, 15) is 29.4 Å². The lowest BCUT2D eigenvalue weighted by Crippen LogP contribution is -2.58. The van der Waals surface area contributed by atoms with Crippen molar-refractivity contribution in [2.45, 2.75) is 43.9 Å². The Labute approximate surface area is 173 Å². The number of aliphatic carboxylic acids is 1. The van der Waals surface area contributed by atoms with Gasteiger partial charge in [-0.05, 0) is 19.8 Å². The second kappa shape index (κ2) is 13.6. The van der Waals surface area contributed by atoms with E-state index in [0.717, 1.165) is 0 Å². The standard InChI is InChI=1S/C15H29N7O6S/c1-7(16)11(24)21-9(5-23)12(25)22-10(6-29)13(26)20-8(14(27)28)3-2-4-19-15(17)18/h7-10,23,29H,2-6,16H2,1H3,(H,20,26)(H,21,24)(H,22,25)(H,27,28)(H4,17,18,19). The molecule has 11 N–H and O–H groups in total. The molecule has 0 heterocycles. The summed E-state index contributed by atoms with van der Waals surface area (Å²) in [6.45, 7) is 0.852. The number of nitrogens with two attached hydrogens (primary N) is 3. The molecule has 0 aliphatic heterocycles. The second-order valence-electron chi connectivity index (χ2n) is 6.12. The number of carbonyl (C=O) groups is 4. The largest absolute Gasteiger partial charge is 0.480 e. The van der Waals surface area contributed by atoms with Crippen LogP contribution in [0.4, 0.5) is 0 Å². The highest BCUT2D eigenvalue weighted by Crippen LogP contribution is 2.01. The molecule has 4 unspecified atom stereocenters. The van der Waals surface area contributed by atoms with Crippen molar-refractivity contribution < 1.29 is 29.4 Å². The quantitative estimate of drug-likeness (QED) is 0.0590. The molecular formula is C15H29N7O6S. The predicted octanol–water partition coefficient (Wildman–Crippen LogP) is -4.15.